The Morgan fingerprint density at radius 2 is 2.17 bits per heavy atom. The van der Waals surface area contributed by atoms with E-state index in [0.29, 0.717) is 12.0 Å². The second-order valence-electron chi connectivity index (χ2n) is 6.21. The van der Waals surface area contributed by atoms with Crippen molar-refractivity contribution in [3.8, 4) is 0 Å². The Morgan fingerprint density at radius 3 is 2.67 bits per heavy atom. The summed E-state index contributed by atoms with van der Waals surface area (Å²) >= 11 is 0. The quantitative estimate of drug-likeness (QED) is 0.802. The van der Waals surface area contributed by atoms with Gasteiger partial charge in [0, 0.05) is 47.5 Å². The molecule has 1 saturated heterocycles. The molecule has 3 unspecified atom stereocenters. The van der Waals surface area contributed by atoms with E-state index in [1.54, 1.807) is 6.26 Å². The lowest BCUT2D eigenvalue weighted by Crippen LogP contribution is -2.64. The van der Waals surface area contributed by atoms with Gasteiger partial charge in [-0.2, -0.15) is 0 Å². The van der Waals surface area contributed by atoms with Crippen LogP contribution in [0.1, 0.15) is 40.5 Å². The van der Waals surface area contributed by atoms with Crippen LogP contribution in [0.2, 0.25) is 0 Å². The highest BCUT2D eigenvalue weighted by molar-refractivity contribution is 7.84. The predicted octanol–water partition coefficient (Wildman–Crippen LogP) is 1.85. The first-order valence-electron chi connectivity index (χ1n) is 7.17. The van der Waals surface area contributed by atoms with Crippen LogP contribution in [0.3, 0.4) is 0 Å². The SMILES string of the molecule is CCC1(C)CN(CCCS(C)=O)C(C(C)C)CN1. The van der Waals surface area contributed by atoms with E-state index in [4.69, 9.17) is 0 Å². The molecule has 1 aliphatic heterocycles. The van der Waals surface area contributed by atoms with E-state index in [9.17, 15) is 4.21 Å². The predicted molar refractivity (Wildman–Crippen MR) is 80.4 cm³/mol. The molecule has 0 spiro atoms. The maximum Gasteiger partial charge on any atom is 0.0278 e. The van der Waals surface area contributed by atoms with Crippen LogP contribution in [0.5, 0.6) is 0 Å². The summed E-state index contributed by atoms with van der Waals surface area (Å²) < 4.78 is 11.2. The zero-order chi connectivity index (χ0) is 13.8. The van der Waals surface area contributed by atoms with E-state index in [0.717, 1.165) is 38.2 Å². The number of hydrogen-bond acceptors (Lipinski definition) is 3. The molecule has 1 heterocycles. The van der Waals surface area contributed by atoms with Gasteiger partial charge in [-0.25, -0.2) is 0 Å². The van der Waals surface area contributed by atoms with Gasteiger partial charge in [-0.1, -0.05) is 20.8 Å². The van der Waals surface area contributed by atoms with Crippen molar-refractivity contribution in [3.05, 3.63) is 0 Å². The lowest BCUT2D eigenvalue weighted by molar-refractivity contribution is 0.0607. The van der Waals surface area contributed by atoms with Crippen molar-refractivity contribution < 1.29 is 4.21 Å². The molecule has 0 aliphatic carbocycles. The largest absolute Gasteiger partial charge is 0.309 e. The molecule has 0 aromatic heterocycles. The molecule has 1 fully saturated rings. The zero-order valence-electron chi connectivity index (χ0n) is 12.7. The van der Waals surface area contributed by atoms with Crippen LogP contribution in [0.4, 0.5) is 0 Å². The van der Waals surface area contributed by atoms with Crippen LogP contribution < -0.4 is 5.32 Å². The fourth-order valence-corrected chi connectivity index (χ4v) is 3.25. The van der Waals surface area contributed by atoms with Crippen molar-refractivity contribution in [1.82, 2.24) is 10.2 Å². The van der Waals surface area contributed by atoms with Gasteiger partial charge in [0.05, 0.1) is 0 Å². The van der Waals surface area contributed by atoms with E-state index >= 15 is 0 Å². The van der Waals surface area contributed by atoms with E-state index in [1.807, 2.05) is 0 Å². The maximum atomic E-state index is 11.2. The smallest absolute Gasteiger partial charge is 0.0278 e. The van der Waals surface area contributed by atoms with Crippen molar-refractivity contribution >= 4 is 10.8 Å². The standard InChI is InChI=1S/C14H30N2OS/c1-6-14(4)11-16(8-7-9-18(5)17)13(10-15-14)12(2)3/h12-13,15H,6-11H2,1-5H3. The number of nitrogens with zero attached hydrogens (tertiary/aromatic N) is 1. The summed E-state index contributed by atoms with van der Waals surface area (Å²) in [6.07, 6.45) is 4.01. The highest BCUT2D eigenvalue weighted by Gasteiger charge is 2.35. The molecule has 18 heavy (non-hydrogen) atoms. The summed E-state index contributed by atoms with van der Waals surface area (Å²) in [7, 11) is -0.655. The Bertz CT molecular complexity index is 283. The Kier molecular flexibility index (Phi) is 6.28. The highest BCUT2D eigenvalue weighted by Crippen LogP contribution is 2.22. The average molecular weight is 274 g/mol. The van der Waals surface area contributed by atoms with E-state index in [-0.39, 0.29) is 5.54 Å². The Balaban J connectivity index is 2.58. The summed E-state index contributed by atoms with van der Waals surface area (Å²) in [5.74, 6) is 1.50. The molecule has 0 aromatic carbocycles. The van der Waals surface area contributed by atoms with Gasteiger partial charge in [-0.3, -0.25) is 9.11 Å². The maximum absolute atomic E-state index is 11.2. The van der Waals surface area contributed by atoms with Gasteiger partial charge in [-0.15, -0.1) is 0 Å². The monoisotopic (exact) mass is 274 g/mol. The minimum absolute atomic E-state index is 0.247. The van der Waals surface area contributed by atoms with Crippen LogP contribution in [0, 0.1) is 5.92 Å². The molecule has 0 aromatic rings. The number of nitrogens with one attached hydrogen (secondary N) is 1. The van der Waals surface area contributed by atoms with E-state index < -0.39 is 10.8 Å². The fourth-order valence-electron chi connectivity index (χ4n) is 2.71. The van der Waals surface area contributed by atoms with Gasteiger partial charge in [-0.05, 0) is 32.2 Å². The number of rotatable bonds is 6. The summed E-state index contributed by atoms with van der Waals surface area (Å²) in [4.78, 5) is 2.61. The first-order valence-corrected chi connectivity index (χ1v) is 8.90. The second-order valence-corrected chi connectivity index (χ2v) is 7.76. The molecular weight excluding hydrogens is 244 g/mol. The Morgan fingerprint density at radius 1 is 1.50 bits per heavy atom. The first kappa shape index (κ1) is 16.1. The van der Waals surface area contributed by atoms with Gasteiger partial charge < -0.3 is 5.32 Å². The van der Waals surface area contributed by atoms with Crippen LogP contribution in [0.25, 0.3) is 0 Å². The molecule has 1 aliphatic rings. The van der Waals surface area contributed by atoms with Crippen molar-refractivity contribution in [3.63, 3.8) is 0 Å². The van der Waals surface area contributed by atoms with Gasteiger partial charge >= 0.3 is 0 Å². The topological polar surface area (TPSA) is 32.3 Å². The minimum atomic E-state index is -0.655. The fraction of sp³-hybridized carbons (Fsp3) is 1.00. The van der Waals surface area contributed by atoms with Crippen LogP contribution in [-0.2, 0) is 10.8 Å². The molecule has 108 valence electrons. The lowest BCUT2D eigenvalue weighted by Gasteiger charge is -2.47. The van der Waals surface area contributed by atoms with Crippen molar-refractivity contribution in [1.29, 1.82) is 0 Å². The van der Waals surface area contributed by atoms with Gasteiger partial charge in [0.1, 0.15) is 0 Å². The van der Waals surface area contributed by atoms with E-state index in [1.165, 1.54) is 0 Å². The second kappa shape index (κ2) is 7.01. The minimum Gasteiger partial charge on any atom is -0.309 e. The zero-order valence-corrected chi connectivity index (χ0v) is 13.5. The number of piperazine rings is 1. The van der Waals surface area contributed by atoms with E-state index in [2.05, 4.69) is 37.9 Å². The average Bonchev–Trinajstić information content (AvgIpc) is 2.28. The molecule has 4 heteroatoms. The lowest BCUT2D eigenvalue weighted by atomic mass is 9.90. The Hall–Kier alpha value is 0.0700. The van der Waals surface area contributed by atoms with Gasteiger partial charge in [0.2, 0.25) is 0 Å². The third-order valence-electron chi connectivity index (χ3n) is 4.19. The summed E-state index contributed by atoms with van der Waals surface area (Å²) in [6.45, 7) is 12.4. The molecule has 0 bridgehead atoms. The van der Waals surface area contributed by atoms with Gasteiger partial charge in [0.25, 0.3) is 0 Å². The van der Waals surface area contributed by atoms with Gasteiger partial charge in [0.15, 0.2) is 0 Å². The molecule has 0 amide bonds. The molecule has 1 rings (SSSR count). The summed E-state index contributed by atoms with van der Waals surface area (Å²) in [5.41, 5.74) is 0.247. The van der Waals surface area contributed by atoms with Crippen molar-refractivity contribution in [2.75, 3.05) is 31.6 Å². The van der Waals surface area contributed by atoms with Crippen LogP contribution >= 0.6 is 0 Å². The summed E-state index contributed by atoms with van der Waals surface area (Å²) in [5, 5.41) is 3.70. The van der Waals surface area contributed by atoms with Crippen LogP contribution in [-0.4, -0.2) is 52.3 Å². The first-order chi connectivity index (χ1) is 8.38. The third kappa shape index (κ3) is 4.63. The highest BCUT2D eigenvalue weighted by atomic mass is 32.2. The molecular formula is C14H30N2OS. The normalized spacial score (nSPS) is 31.8. The molecule has 3 atom stereocenters. The van der Waals surface area contributed by atoms with Crippen molar-refractivity contribution in [2.45, 2.75) is 52.1 Å². The molecule has 0 saturated carbocycles. The van der Waals surface area contributed by atoms with Crippen LogP contribution in [0.15, 0.2) is 0 Å². The summed E-state index contributed by atoms with van der Waals surface area (Å²) in [6, 6.07) is 0.620. The third-order valence-corrected chi connectivity index (χ3v) is 5.05. The number of hydrogen-bond donors (Lipinski definition) is 1. The Labute approximate surface area is 115 Å². The molecule has 0 radical (unpaired) electrons. The molecule has 1 N–H and O–H groups in total. The van der Waals surface area contributed by atoms with Crippen molar-refractivity contribution in [2.24, 2.45) is 5.92 Å². The molecule has 3 nitrogen and oxygen atoms in total.